The van der Waals surface area contributed by atoms with Gasteiger partial charge in [0.1, 0.15) is 19.4 Å². The molecule has 146 valence electrons. The SMILES string of the molecule is COc1cc([C@H]2Nc3ccccc3C(=O)N2c2ccccc2)cc2c1OCCO2. The molecule has 2 aliphatic heterocycles. The van der Waals surface area contributed by atoms with Crippen LogP contribution in [0.4, 0.5) is 11.4 Å². The molecule has 6 nitrogen and oxygen atoms in total. The Balaban J connectivity index is 1.67. The largest absolute Gasteiger partial charge is 0.493 e. The standard InChI is InChI=1S/C23H20N2O4/c1-27-19-13-15(14-20-21(19)29-12-11-28-20)22-24-18-10-6-5-9-17(18)23(26)25(22)16-7-3-2-4-8-16/h2-10,13-14,22,24H,11-12H2,1H3/t22-/m0/s1. The molecule has 0 aliphatic carbocycles. The lowest BCUT2D eigenvalue weighted by Gasteiger charge is -2.38. The monoisotopic (exact) mass is 388 g/mol. The highest BCUT2D eigenvalue weighted by Gasteiger charge is 2.35. The number of carbonyl (C=O) groups is 1. The zero-order valence-corrected chi connectivity index (χ0v) is 15.9. The maximum atomic E-state index is 13.4. The van der Waals surface area contributed by atoms with Gasteiger partial charge in [-0.2, -0.15) is 0 Å². The molecular formula is C23H20N2O4. The molecule has 0 unspecified atom stereocenters. The zero-order chi connectivity index (χ0) is 19.8. The van der Waals surface area contributed by atoms with Crippen LogP contribution in [-0.2, 0) is 0 Å². The van der Waals surface area contributed by atoms with Crippen LogP contribution in [0.25, 0.3) is 0 Å². The number of nitrogens with zero attached hydrogens (tertiary/aromatic N) is 1. The van der Waals surface area contributed by atoms with E-state index in [9.17, 15) is 4.79 Å². The van der Waals surface area contributed by atoms with Crippen molar-refractivity contribution in [2.24, 2.45) is 0 Å². The number of rotatable bonds is 3. The first-order valence-electron chi connectivity index (χ1n) is 9.48. The minimum Gasteiger partial charge on any atom is -0.493 e. The van der Waals surface area contributed by atoms with Gasteiger partial charge in [0.05, 0.1) is 12.7 Å². The maximum absolute atomic E-state index is 13.4. The first-order valence-corrected chi connectivity index (χ1v) is 9.48. The smallest absolute Gasteiger partial charge is 0.262 e. The van der Waals surface area contributed by atoms with E-state index >= 15 is 0 Å². The second kappa shape index (κ2) is 7.05. The molecule has 0 saturated carbocycles. The Hall–Kier alpha value is -3.67. The molecule has 1 atom stereocenters. The lowest BCUT2D eigenvalue weighted by molar-refractivity contribution is 0.0974. The minimum absolute atomic E-state index is 0.0654. The minimum atomic E-state index is -0.426. The Morgan fingerprint density at radius 2 is 1.76 bits per heavy atom. The molecular weight excluding hydrogens is 368 g/mol. The van der Waals surface area contributed by atoms with E-state index in [1.54, 1.807) is 12.0 Å². The first kappa shape index (κ1) is 17.4. The predicted molar refractivity (Wildman–Crippen MR) is 110 cm³/mol. The molecule has 2 aliphatic rings. The van der Waals surface area contributed by atoms with E-state index in [1.807, 2.05) is 66.7 Å². The van der Waals surface area contributed by atoms with Crippen molar-refractivity contribution in [1.29, 1.82) is 0 Å². The number of hydrogen-bond acceptors (Lipinski definition) is 5. The van der Waals surface area contributed by atoms with Crippen LogP contribution in [-0.4, -0.2) is 26.2 Å². The fourth-order valence-electron chi connectivity index (χ4n) is 3.79. The van der Waals surface area contributed by atoms with E-state index < -0.39 is 6.17 Å². The molecule has 29 heavy (non-hydrogen) atoms. The van der Waals surface area contributed by atoms with Crippen LogP contribution in [0.2, 0.25) is 0 Å². The summed E-state index contributed by atoms with van der Waals surface area (Å²) in [5.74, 6) is 1.73. The lowest BCUT2D eigenvalue weighted by atomic mass is 10.0. The van der Waals surface area contributed by atoms with Crippen LogP contribution in [0.3, 0.4) is 0 Å². The summed E-state index contributed by atoms with van der Waals surface area (Å²) in [5.41, 5.74) is 3.08. The highest BCUT2D eigenvalue weighted by molar-refractivity contribution is 6.12. The van der Waals surface area contributed by atoms with Crippen LogP contribution in [0.1, 0.15) is 22.1 Å². The molecule has 3 aromatic rings. The molecule has 1 N–H and O–H groups in total. The number of nitrogens with one attached hydrogen (secondary N) is 1. The third-order valence-electron chi connectivity index (χ3n) is 5.13. The Labute approximate surface area is 168 Å². The van der Waals surface area contributed by atoms with Gasteiger partial charge < -0.3 is 19.5 Å². The predicted octanol–water partition coefficient (Wildman–Crippen LogP) is 4.24. The lowest BCUT2D eigenvalue weighted by Crippen LogP contribution is -2.43. The summed E-state index contributed by atoms with van der Waals surface area (Å²) in [4.78, 5) is 15.2. The Morgan fingerprint density at radius 3 is 2.59 bits per heavy atom. The fraction of sp³-hybridized carbons (Fsp3) is 0.174. The van der Waals surface area contributed by atoms with Crippen molar-refractivity contribution in [3.8, 4) is 17.2 Å². The van der Waals surface area contributed by atoms with Crippen LogP contribution < -0.4 is 24.4 Å². The number of anilines is 2. The van der Waals surface area contributed by atoms with Crippen molar-refractivity contribution >= 4 is 17.3 Å². The summed E-state index contributed by atoms with van der Waals surface area (Å²) in [7, 11) is 1.60. The summed E-state index contributed by atoms with van der Waals surface area (Å²) in [6, 6.07) is 21.0. The van der Waals surface area contributed by atoms with E-state index in [4.69, 9.17) is 14.2 Å². The molecule has 0 fully saturated rings. The molecule has 0 spiro atoms. The van der Waals surface area contributed by atoms with Gasteiger partial charge in [-0.15, -0.1) is 0 Å². The van der Waals surface area contributed by atoms with Crippen LogP contribution >= 0.6 is 0 Å². The van der Waals surface area contributed by atoms with Gasteiger partial charge >= 0.3 is 0 Å². The molecule has 0 aromatic heterocycles. The quantitative estimate of drug-likeness (QED) is 0.727. The van der Waals surface area contributed by atoms with Crippen molar-refractivity contribution < 1.29 is 19.0 Å². The van der Waals surface area contributed by atoms with E-state index in [2.05, 4.69) is 5.32 Å². The number of hydrogen-bond donors (Lipinski definition) is 1. The van der Waals surface area contributed by atoms with Gasteiger partial charge in [-0.25, -0.2) is 0 Å². The second-order valence-corrected chi connectivity index (χ2v) is 6.85. The Bertz CT molecular complexity index is 1050. The molecule has 1 amide bonds. The topological polar surface area (TPSA) is 60.0 Å². The fourth-order valence-corrected chi connectivity index (χ4v) is 3.79. The van der Waals surface area contributed by atoms with E-state index in [1.165, 1.54) is 0 Å². The van der Waals surface area contributed by atoms with Crippen molar-refractivity contribution in [3.05, 3.63) is 77.9 Å². The zero-order valence-electron chi connectivity index (χ0n) is 15.9. The number of amides is 1. The normalized spacial score (nSPS) is 17.3. The highest BCUT2D eigenvalue weighted by atomic mass is 16.6. The third-order valence-corrected chi connectivity index (χ3v) is 5.13. The van der Waals surface area contributed by atoms with E-state index in [-0.39, 0.29) is 5.91 Å². The second-order valence-electron chi connectivity index (χ2n) is 6.85. The average Bonchev–Trinajstić information content (AvgIpc) is 2.79. The molecule has 6 heteroatoms. The average molecular weight is 388 g/mol. The van der Waals surface area contributed by atoms with Crippen molar-refractivity contribution in [2.75, 3.05) is 30.5 Å². The van der Waals surface area contributed by atoms with Gasteiger partial charge in [0.25, 0.3) is 5.91 Å². The summed E-state index contributed by atoms with van der Waals surface area (Å²) in [5, 5.41) is 3.50. The third kappa shape index (κ3) is 2.93. The van der Waals surface area contributed by atoms with Crippen molar-refractivity contribution in [3.63, 3.8) is 0 Å². The van der Waals surface area contributed by atoms with Gasteiger partial charge in [0, 0.05) is 16.9 Å². The summed E-state index contributed by atoms with van der Waals surface area (Å²) < 4.78 is 17.1. The summed E-state index contributed by atoms with van der Waals surface area (Å²) in [6.07, 6.45) is -0.426. The Kier molecular flexibility index (Phi) is 4.24. The number of benzene rings is 3. The number of fused-ring (bicyclic) bond motifs is 2. The van der Waals surface area contributed by atoms with Crippen molar-refractivity contribution in [1.82, 2.24) is 0 Å². The molecule has 0 bridgehead atoms. The Morgan fingerprint density at radius 1 is 1.00 bits per heavy atom. The number of carbonyl (C=O) groups excluding carboxylic acids is 1. The van der Waals surface area contributed by atoms with E-state index in [0.717, 1.165) is 16.9 Å². The molecule has 0 saturated heterocycles. The number of methoxy groups -OCH3 is 1. The molecule has 0 radical (unpaired) electrons. The van der Waals surface area contributed by atoms with Gasteiger partial charge in [-0.05, 0) is 36.4 Å². The van der Waals surface area contributed by atoms with Crippen LogP contribution in [0.5, 0.6) is 17.2 Å². The first-order chi connectivity index (χ1) is 14.3. The van der Waals surface area contributed by atoms with Crippen LogP contribution in [0.15, 0.2) is 66.7 Å². The highest BCUT2D eigenvalue weighted by Crippen LogP contribution is 2.44. The van der Waals surface area contributed by atoms with E-state index in [0.29, 0.717) is 36.0 Å². The van der Waals surface area contributed by atoms with Gasteiger partial charge in [-0.1, -0.05) is 30.3 Å². The maximum Gasteiger partial charge on any atom is 0.262 e. The summed E-state index contributed by atoms with van der Waals surface area (Å²) in [6.45, 7) is 0.953. The summed E-state index contributed by atoms with van der Waals surface area (Å²) >= 11 is 0. The van der Waals surface area contributed by atoms with Gasteiger partial charge in [0.2, 0.25) is 5.75 Å². The molecule has 3 aromatic carbocycles. The molecule has 5 rings (SSSR count). The van der Waals surface area contributed by atoms with Crippen LogP contribution in [0, 0.1) is 0 Å². The number of para-hydroxylation sites is 2. The van der Waals surface area contributed by atoms with Crippen molar-refractivity contribution in [2.45, 2.75) is 6.17 Å². The van der Waals surface area contributed by atoms with Gasteiger partial charge in [0.15, 0.2) is 11.5 Å². The van der Waals surface area contributed by atoms with Gasteiger partial charge in [-0.3, -0.25) is 9.69 Å². The number of ether oxygens (including phenoxy) is 3. The molecule has 2 heterocycles.